The Bertz CT molecular complexity index is 325. The van der Waals surface area contributed by atoms with E-state index in [-0.39, 0.29) is 0 Å². The SMILES string of the molecule is C1=Cc2cc[nH]c2C=CN=1. The summed E-state index contributed by atoms with van der Waals surface area (Å²) in [6.45, 7) is 0. The Hall–Kier alpha value is -1.53. The lowest BCUT2D eigenvalue weighted by atomic mass is 10.2. The standard InChI is InChI=1S/C8H6N2/c1-4-9-5-3-8-7(1)2-6-10-8/h1-3,5-6,10H. The fourth-order valence-corrected chi connectivity index (χ4v) is 0.926. The highest BCUT2D eigenvalue weighted by Crippen LogP contribution is 2.10. The van der Waals surface area contributed by atoms with Gasteiger partial charge in [0, 0.05) is 29.7 Å². The van der Waals surface area contributed by atoms with Gasteiger partial charge in [-0.15, -0.1) is 0 Å². The molecule has 2 heterocycles. The fourth-order valence-electron chi connectivity index (χ4n) is 0.926. The van der Waals surface area contributed by atoms with Gasteiger partial charge in [0.2, 0.25) is 0 Å². The minimum atomic E-state index is 1.09. The number of rotatable bonds is 0. The second-order valence-electron chi connectivity index (χ2n) is 2.06. The number of nitrogens with one attached hydrogen (secondary N) is 1. The lowest BCUT2D eigenvalue weighted by Crippen LogP contribution is -1.71. The summed E-state index contributed by atoms with van der Waals surface area (Å²) in [6.07, 6.45) is 7.40. The fraction of sp³-hybridized carbons (Fsp3) is 0. The monoisotopic (exact) mass is 130 g/mol. The summed E-state index contributed by atoms with van der Waals surface area (Å²) in [4.78, 5) is 6.93. The number of nitrogens with zero attached hydrogens (tertiary/aromatic N) is 1. The quantitative estimate of drug-likeness (QED) is 0.553. The molecule has 1 aliphatic rings. The third-order valence-corrected chi connectivity index (χ3v) is 1.42. The van der Waals surface area contributed by atoms with Crippen molar-refractivity contribution < 1.29 is 0 Å². The number of aromatic nitrogens is 1. The third-order valence-electron chi connectivity index (χ3n) is 1.42. The molecule has 2 heteroatoms. The van der Waals surface area contributed by atoms with Crippen LogP contribution in [-0.2, 0) is 0 Å². The van der Waals surface area contributed by atoms with Crippen LogP contribution in [0.1, 0.15) is 11.3 Å². The van der Waals surface area contributed by atoms with Crippen molar-refractivity contribution in [2.24, 2.45) is 4.99 Å². The normalized spacial score (nSPS) is 13.2. The molecule has 1 aromatic rings. The minimum absolute atomic E-state index is 1.09. The Labute approximate surface area is 58.6 Å². The number of H-pyrrole nitrogens is 1. The average Bonchev–Trinajstić information content (AvgIpc) is 2.28. The number of hydrogen-bond donors (Lipinski definition) is 1. The summed E-state index contributed by atoms with van der Waals surface area (Å²) < 4.78 is 0. The van der Waals surface area contributed by atoms with Gasteiger partial charge >= 0.3 is 0 Å². The lowest BCUT2D eigenvalue weighted by molar-refractivity contribution is 1.37. The van der Waals surface area contributed by atoms with Crippen molar-refractivity contribution in [3.8, 4) is 0 Å². The van der Waals surface area contributed by atoms with Crippen molar-refractivity contribution in [3.05, 3.63) is 29.7 Å². The lowest BCUT2D eigenvalue weighted by Gasteiger charge is -1.84. The number of aliphatic imine (C=N–C) groups is 1. The Kier molecular flexibility index (Phi) is 1.06. The van der Waals surface area contributed by atoms with Gasteiger partial charge < -0.3 is 4.98 Å². The van der Waals surface area contributed by atoms with Crippen LogP contribution in [0.25, 0.3) is 12.2 Å². The van der Waals surface area contributed by atoms with Crippen molar-refractivity contribution in [1.82, 2.24) is 4.98 Å². The molecule has 0 amide bonds. The molecule has 0 aromatic carbocycles. The van der Waals surface area contributed by atoms with E-state index in [1.54, 1.807) is 6.20 Å². The molecule has 1 aromatic heterocycles. The zero-order valence-electron chi connectivity index (χ0n) is 5.33. The number of hydrogen-bond acceptors (Lipinski definition) is 1. The second-order valence-corrected chi connectivity index (χ2v) is 2.06. The summed E-state index contributed by atoms with van der Waals surface area (Å²) in [5.41, 5.74) is 2.23. The zero-order chi connectivity index (χ0) is 6.81. The van der Waals surface area contributed by atoms with Crippen molar-refractivity contribution in [3.63, 3.8) is 0 Å². The Morgan fingerprint density at radius 2 is 2.50 bits per heavy atom. The van der Waals surface area contributed by atoms with Crippen molar-refractivity contribution in [2.45, 2.75) is 0 Å². The maximum Gasteiger partial charge on any atom is 0.0476 e. The molecule has 0 aliphatic carbocycles. The molecule has 0 bridgehead atoms. The van der Waals surface area contributed by atoms with Crippen LogP contribution in [0, 0.1) is 0 Å². The predicted molar refractivity (Wildman–Crippen MR) is 41.7 cm³/mol. The minimum Gasteiger partial charge on any atom is -0.361 e. The Balaban J connectivity index is 2.68. The van der Waals surface area contributed by atoms with Crippen LogP contribution in [0.2, 0.25) is 0 Å². The second kappa shape index (κ2) is 2.01. The number of fused-ring (bicyclic) bond motifs is 1. The van der Waals surface area contributed by atoms with Gasteiger partial charge in [0.15, 0.2) is 0 Å². The highest BCUT2D eigenvalue weighted by atomic mass is 14.7. The molecule has 0 spiro atoms. The molecule has 1 N–H and O–H groups in total. The van der Waals surface area contributed by atoms with E-state index in [0.29, 0.717) is 0 Å². The molecule has 0 saturated heterocycles. The first-order valence-electron chi connectivity index (χ1n) is 3.09. The smallest absolute Gasteiger partial charge is 0.0476 e. The summed E-state index contributed by atoms with van der Waals surface area (Å²) in [5, 5.41) is 0. The van der Waals surface area contributed by atoms with Crippen LogP contribution in [0.3, 0.4) is 0 Å². The van der Waals surface area contributed by atoms with E-state index in [1.165, 1.54) is 0 Å². The van der Waals surface area contributed by atoms with Crippen LogP contribution >= 0.6 is 0 Å². The van der Waals surface area contributed by atoms with Crippen molar-refractivity contribution >= 4 is 18.0 Å². The first kappa shape index (κ1) is 5.27. The zero-order valence-corrected chi connectivity index (χ0v) is 5.33. The van der Waals surface area contributed by atoms with Gasteiger partial charge in [0.05, 0.1) is 0 Å². The third kappa shape index (κ3) is 0.714. The Morgan fingerprint density at radius 3 is 3.50 bits per heavy atom. The summed E-state index contributed by atoms with van der Waals surface area (Å²) in [5.74, 6) is 2.78. The average molecular weight is 130 g/mol. The summed E-state index contributed by atoms with van der Waals surface area (Å²) in [7, 11) is 0. The molecular formula is C8H6N2. The van der Waals surface area contributed by atoms with Gasteiger partial charge in [-0.1, -0.05) is 0 Å². The van der Waals surface area contributed by atoms with E-state index in [9.17, 15) is 0 Å². The van der Waals surface area contributed by atoms with Crippen LogP contribution in [0.4, 0.5) is 0 Å². The molecule has 10 heavy (non-hydrogen) atoms. The topological polar surface area (TPSA) is 28.1 Å². The van der Waals surface area contributed by atoms with Gasteiger partial charge in [-0.05, 0) is 18.0 Å². The molecule has 2 rings (SSSR count). The van der Waals surface area contributed by atoms with Crippen molar-refractivity contribution in [2.75, 3.05) is 0 Å². The highest BCUT2D eigenvalue weighted by molar-refractivity contribution is 5.83. The van der Waals surface area contributed by atoms with Crippen LogP contribution < -0.4 is 0 Å². The molecule has 0 atom stereocenters. The van der Waals surface area contributed by atoms with Gasteiger partial charge in [0.25, 0.3) is 0 Å². The van der Waals surface area contributed by atoms with E-state index < -0.39 is 0 Å². The maximum atomic E-state index is 3.85. The van der Waals surface area contributed by atoms with E-state index in [1.807, 2.05) is 24.4 Å². The largest absolute Gasteiger partial charge is 0.361 e. The maximum absolute atomic E-state index is 3.85. The van der Waals surface area contributed by atoms with Gasteiger partial charge in [-0.2, -0.15) is 0 Å². The molecule has 0 unspecified atom stereocenters. The van der Waals surface area contributed by atoms with Gasteiger partial charge in [-0.3, -0.25) is 0 Å². The predicted octanol–water partition coefficient (Wildman–Crippen LogP) is 1.68. The van der Waals surface area contributed by atoms with E-state index in [0.717, 1.165) is 11.3 Å². The van der Waals surface area contributed by atoms with Crippen LogP contribution in [0.15, 0.2) is 23.5 Å². The van der Waals surface area contributed by atoms with Crippen LogP contribution in [0.5, 0.6) is 0 Å². The molecule has 0 saturated carbocycles. The first-order chi connectivity index (χ1) is 4.97. The van der Waals surface area contributed by atoms with E-state index >= 15 is 0 Å². The molecule has 1 aliphatic heterocycles. The van der Waals surface area contributed by atoms with Gasteiger partial charge in [-0.25, -0.2) is 4.99 Å². The van der Waals surface area contributed by atoms with Crippen LogP contribution in [-0.4, -0.2) is 10.9 Å². The Morgan fingerprint density at radius 1 is 1.50 bits per heavy atom. The first-order valence-corrected chi connectivity index (χ1v) is 3.09. The summed E-state index contributed by atoms with van der Waals surface area (Å²) >= 11 is 0. The van der Waals surface area contributed by atoms with E-state index in [2.05, 4.69) is 15.8 Å². The number of aromatic amines is 1. The molecule has 0 radical (unpaired) electrons. The molecule has 0 fully saturated rings. The molecular weight excluding hydrogens is 124 g/mol. The molecule has 48 valence electrons. The highest BCUT2D eigenvalue weighted by Gasteiger charge is 1.95. The molecule has 2 nitrogen and oxygen atoms in total. The summed E-state index contributed by atoms with van der Waals surface area (Å²) in [6, 6.07) is 1.99. The van der Waals surface area contributed by atoms with Crippen molar-refractivity contribution in [1.29, 1.82) is 0 Å². The van der Waals surface area contributed by atoms with Gasteiger partial charge in [0.1, 0.15) is 0 Å². The van der Waals surface area contributed by atoms with E-state index in [4.69, 9.17) is 0 Å².